The van der Waals surface area contributed by atoms with Crippen LogP contribution >= 0.6 is 0 Å². The van der Waals surface area contributed by atoms with Crippen LogP contribution in [0.3, 0.4) is 0 Å². The number of amides is 1. The number of carbonyl (C=O) groups excluding carboxylic acids is 1. The molecule has 3 N–H and O–H groups in total. The molecule has 1 heterocycles. The van der Waals surface area contributed by atoms with Crippen LogP contribution < -0.4 is 10.6 Å². The Labute approximate surface area is 201 Å². The average Bonchev–Trinajstić information content (AvgIpc) is 3.68. The lowest BCUT2D eigenvalue weighted by Gasteiger charge is -2.28. The van der Waals surface area contributed by atoms with Crippen molar-refractivity contribution < 1.29 is 18.0 Å². The first-order valence-corrected chi connectivity index (χ1v) is 11.3. The molecule has 1 unspecified atom stereocenters. The van der Waals surface area contributed by atoms with E-state index in [0.29, 0.717) is 29.7 Å². The van der Waals surface area contributed by atoms with Crippen LogP contribution in [0.15, 0.2) is 54.9 Å². The minimum Gasteiger partial charge on any atom is -0.376 e. The zero-order valence-corrected chi connectivity index (χ0v) is 19.4. The molecule has 1 amide bonds. The van der Waals surface area contributed by atoms with Gasteiger partial charge in [0.05, 0.1) is 12.1 Å². The molecule has 0 spiro atoms. The molecule has 1 aromatic heterocycles. The van der Waals surface area contributed by atoms with Gasteiger partial charge in [-0.25, -0.2) is 14.4 Å². The number of benzene rings is 2. The zero-order valence-electron chi connectivity index (χ0n) is 19.4. The summed E-state index contributed by atoms with van der Waals surface area (Å²) in [7, 11) is 0. The third kappa shape index (κ3) is 5.85. The first kappa shape index (κ1) is 24.4. The lowest BCUT2D eigenvalue weighted by Crippen LogP contribution is -2.46. The topological polar surface area (TPSA) is 90.8 Å². The quantitative estimate of drug-likeness (QED) is 0.354. The Balaban J connectivity index is 1.64. The second-order valence-electron chi connectivity index (χ2n) is 8.87. The summed E-state index contributed by atoms with van der Waals surface area (Å²) < 4.78 is 40.4. The third-order valence-corrected chi connectivity index (χ3v) is 5.95. The number of carbonyl (C=O) groups is 1. The molecule has 1 aliphatic carbocycles. The van der Waals surface area contributed by atoms with Crippen molar-refractivity contribution in [1.82, 2.24) is 15.3 Å². The van der Waals surface area contributed by atoms with Crippen molar-refractivity contribution in [1.29, 1.82) is 5.41 Å². The van der Waals surface area contributed by atoms with Gasteiger partial charge in [-0.3, -0.25) is 4.79 Å². The van der Waals surface area contributed by atoms with Gasteiger partial charge >= 0.3 is 5.92 Å². The van der Waals surface area contributed by atoms with E-state index in [4.69, 9.17) is 5.41 Å². The van der Waals surface area contributed by atoms with Crippen LogP contribution in [0.1, 0.15) is 55.6 Å². The van der Waals surface area contributed by atoms with Gasteiger partial charge in [0, 0.05) is 48.3 Å². The van der Waals surface area contributed by atoms with Crippen LogP contribution in [0.4, 0.5) is 18.9 Å². The summed E-state index contributed by atoms with van der Waals surface area (Å²) in [6.07, 6.45) is 6.54. The smallest absolute Gasteiger partial charge is 0.321 e. The van der Waals surface area contributed by atoms with Gasteiger partial charge in [-0.1, -0.05) is 18.2 Å². The molecule has 0 aliphatic heterocycles. The second-order valence-corrected chi connectivity index (χ2v) is 8.87. The molecular formula is C26H26F3N5O. The molecule has 182 valence electrons. The van der Waals surface area contributed by atoms with E-state index in [1.54, 1.807) is 43.6 Å². The summed E-state index contributed by atoms with van der Waals surface area (Å²) in [6.45, 7) is 2.17. The summed E-state index contributed by atoms with van der Waals surface area (Å²) in [5.74, 6) is -4.15. The fourth-order valence-corrected chi connectivity index (χ4v) is 3.78. The van der Waals surface area contributed by atoms with E-state index in [-0.39, 0.29) is 5.82 Å². The summed E-state index contributed by atoms with van der Waals surface area (Å²) in [5.41, 5.74) is 3.28. The largest absolute Gasteiger partial charge is 0.376 e. The number of nitrogens with one attached hydrogen (secondary N) is 3. The van der Waals surface area contributed by atoms with Crippen LogP contribution in [-0.2, 0) is 4.79 Å². The monoisotopic (exact) mass is 481 g/mol. The summed E-state index contributed by atoms with van der Waals surface area (Å²) in [5, 5.41) is 13.5. The minimum atomic E-state index is -3.53. The van der Waals surface area contributed by atoms with Gasteiger partial charge in [-0.2, -0.15) is 8.78 Å². The normalized spacial score (nSPS) is 15.2. The number of rotatable bonds is 9. The van der Waals surface area contributed by atoms with E-state index >= 15 is 0 Å². The lowest BCUT2D eigenvalue weighted by molar-refractivity contribution is -0.143. The molecule has 4 rings (SSSR count). The predicted octanol–water partition coefficient (Wildman–Crippen LogP) is 5.47. The third-order valence-electron chi connectivity index (χ3n) is 5.95. The minimum absolute atomic E-state index is 0.342. The highest BCUT2D eigenvalue weighted by atomic mass is 19.3. The van der Waals surface area contributed by atoms with Crippen LogP contribution in [0.5, 0.6) is 0 Å². The Morgan fingerprint density at radius 1 is 1.11 bits per heavy atom. The maximum atomic E-state index is 13.6. The van der Waals surface area contributed by atoms with Gasteiger partial charge in [0.15, 0.2) is 0 Å². The molecule has 2 aromatic carbocycles. The van der Waals surface area contributed by atoms with Crippen molar-refractivity contribution in [2.45, 2.75) is 50.6 Å². The van der Waals surface area contributed by atoms with E-state index in [1.165, 1.54) is 18.3 Å². The number of anilines is 1. The molecule has 3 aromatic rings. The Kier molecular flexibility index (Phi) is 6.86. The number of nitrogens with zero attached hydrogens (tertiary/aromatic N) is 2. The van der Waals surface area contributed by atoms with E-state index in [9.17, 15) is 18.0 Å². The Morgan fingerprint density at radius 3 is 2.31 bits per heavy atom. The highest BCUT2D eigenvalue weighted by Crippen LogP contribution is 2.38. The fourth-order valence-electron chi connectivity index (χ4n) is 3.78. The van der Waals surface area contributed by atoms with Crippen molar-refractivity contribution in [3.63, 3.8) is 0 Å². The maximum absolute atomic E-state index is 13.6. The Hall–Kier alpha value is -3.75. The zero-order chi connectivity index (χ0) is 25.2. The molecular weight excluding hydrogens is 455 g/mol. The average molecular weight is 482 g/mol. The van der Waals surface area contributed by atoms with Gasteiger partial charge < -0.3 is 16.0 Å². The number of hydrogen-bond donors (Lipinski definition) is 3. The molecule has 1 fully saturated rings. The van der Waals surface area contributed by atoms with Crippen LogP contribution in [0, 0.1) is 11.2 Å². The van der Waals surface area contributed by atoms with Crippen molar-refractivity contribution >= 4 is 17.8 Å². The highest BCUT2D eigenvalue weighted by molar-refractivity contribution is 5.89. The number of aromatic nitrogens is 2. The SMILES string of the molecule is C[C@@H](NC(=O)C(C)(F)F)C(Nc1ccc(-c2ccc(F)cc2)cc1C=N)c1cnc(C2CC2)nc1. The fraction of sp³-hybridized carbons (Fsp3) is 0.308. The van der Waals surface area contributed by atoms with Gasteiger partial charge in [0.25, 0.3) is 5.91 Å². The van der Waals surface area contributed by atoms with Crippen molar-refractivity contribution in [3.8, 4) is 11.1 Å². The van der Waals surface area contributed by atoms with Crippen LogP contribution in [0.25, 0.3) is 11.1 Å². The van der Waals surface area contributed by atoms with Crippen LogP contribution in [0.2, 0.25) is 0 Å². The first-order valence-electron chi connectivity index (χ1n) is 11.3. The van der Waals surface area contributed by atoms with Gasteiger partial charge in [0.2, 0.25) is 0 Å². The van der Waals surface area contributed by atoms with E-state index in [1.807, 2.05) is 6.07 Å². The highest BCUT2D eigenvalue weighted by Gasteiger charge is 2.35. The van der Waals surface area contributed by atoms with Gasteiger partial charge in [0.1, 0.15) is 11.6 Å². The Bertz CT molecular complexity index is 1210. The van der Waals surface area contributed by atoms with Crippen molar-refractivity contribution in [2.24, 2.45) is 0 Å². The number of hydrogen-bond acceptors (Lipinski definition) is 5. The standard InChI is InChI=1S/C26H26F3N5O/c1-15(33-25(35)26(2,28)29)23(20-13-31-24(32-14-20)17-3-4-17)34-22-10-7-18(11-19(22)12-30)16-5-8-21(27)9-6-16/h5-15,17,23,30,34H,3-4H2,1-2H3,(H,33,35)/t15-,23?/m1/s1. The molecule has 0 radical (unpaired) electrons. The van der Waals surface area contributed by atoms with E-state index in [0.717, 1.165) is 29.8 Å². The molecule has 0 bridgehead atoms. The van der Waals surface area contributed by atoms with E-state index in [2.05, 4.69) is 20.6 Å². The van der Waals surface area contributed by atoms with E-state index < -0.39 is 23.9 Å². The molecule has 1 aliphatic rings. The first-order chi connectivity index (χ1) is 16.7. The lowest BCUT2D eigenvalue weighted by atomic mass is 9.99. The molecule has 35 heavy (non-hydrogen) atoms. The molecule has 6 nitrogen and oxygen atoms in total. The summed E-state index contributed by atoms with van der Waals surface area (Å²) in [4.78, 5) is 20.8. The molecule has 0 saturated heterocycles. The maximum Gasteiger partial charge on any atom is 0.321 e. The second kappa shape index (κ2) is 9.85. The van der Waals surface area contributed by atoms with Gasteiger partial charge in [-0.05, 0) is 55.2 Å². The number of alkyl halides is 2. The van der Waals surface area contributed by atoms with Gasteiger partial charge in [-0.15, -0.1) is 0 Å². The molecule has 1 saturated carbocycles. The number of halogens is 3. The van der Waals surface area contributed by atoms with Crippen LogP contribution in [-0.4, -0.2) is 34.1 Å². The molecule has 9 heteroatoms. The van der Waals surface area contributed by atoms with Crippen molar-refractivity contribution in [2.75, 3.05) is 5.32 Å². The predicted molar refractivity (Wildman–Crippen MR) is 128 cm³/mol. The van der Waals surface area contributed by atoms with Crippen molar-refractivity contribution in [3.05, 3.63) is 77.6 Å². The summed E-state index contributed by atoms with van der Waals surface area (Å²) >= 11 is 0. The Morgan fingerprint density at radius 2 is 1.74 bits per heavy atom. The summed E-state index contributed by atoms with van der Waals surface area (Å²) in [6, 6.07) is 9.97. The molecule has 2 atom stereocenters.